The van der Waals surface area contributed by atoms with Crippen molar-refractivity contribution in [3.8, 4) is 0 Å². The number of carbonyl (C=O) groups excluding carboxylic acids is 2. The van der Waals surface area contributed by atoms with E-state index in [-0.39, 0.29) is 18.9 Å². The van der Waals surface area contributed by atoms with E-state index in [1.54, 1.807) is 0 Å². The van der Waals surface area contributed by atoms with Crippen LogP contribution in [0.25, 0.3) is 11.0 Å². The predicted octanol–water partition coefficient (Wildman–Crippen LogP) is 3.70. The molecule has 1 heterocycles. The number of nitrogens with zero attached hydrogens (tertiary/aromatic N) is 2. The lowest BCUT2D eigenvalue weighted by Crippen LogP contribution is -2.26. The summed E-state index contributed by atoms with van der Waals surface area (Å²) in [6.07, 6.45) is 0.307. The van der Waals surface area contributed by atoms with Crippen LogP contribution < -0.4 is 10.6 Å². The van der Waals surface area contributed by atoms with E-state index in [1.165, 1.54) is 0 Å². The first-order valence-electron chi connectivity index (χ1n) is 9.37. The molecule has 3 aromatic rings. The van der Waals surface area contributed by atoms with Crippen molar-refractivity contribution in [2.24, 2.45) is 0 Å². The summed E-state index contributed by atoms with van der Waals surface area (Å²) in [5.74, 6) is 0.411. The van der Waals surface area contributed by atoms with Gasteiger partial charge in [-0.25, -0.2) is 9.78 Å². The van der Waals surface area contributed by atoms with Gasteiger partial charge in [-0.2, -0.15) is 0 Å². The van der Waals surface area contributed by atoms with Crippen LogP contribution in [0.5, 0.6) is 0 Å². The summed E-state index contributed by atoms with van der Waals surface area (Å²) < 4.78 is 7.10. The van der Waals surface area contributed by atoms with Crippen molar-refractivity contribution in [1.82, 2.24) is 14.9 Å². The van der Waals surface area contributed by atoms with E-state index in [0.717, 1.165) is 16.6 Å². The number of anilines is 1. The topological polar surface area (TPSA) is 85.2 Å². The Bertz CT molecular complexity index is 937. The van der Waals surface area contributed by atoms with E-state index in [4.69, 9.17) is 4.74 Å². The lowest BCUT2D eigenvalue weighted by atomic mass is 10.2. The first-order valence-corrected chi connectivity index (χ1v) is 9.37. The van der Waals surface area contributed by atoms with Crippen molar-refractivity contribution < 1.29 is 14.3 Å². The molecule has 2 N–H and O–H groups in total. The summed E-state index contributed by atoms with van der Waals surface area (Å²) in [6.45, 7) is 3.31. The first kappa shape index (κ1) is 19.4. The minimum absolute atomic E-state index is 0.135. The Hall–Kier alpha value is -3.35. The van der Waals surface area contributed by atoms with Crippen LogP contribution in [-0.2, 0) is 22.7 Å². The maximum absolute atomic E-state index is 12.2. The molecular weight excluding hydrogens is 356 g/mol. The predicted molar refractivity (Wildman–Crippen MR) is 108 cm³/mol. The molecule has 2 aromatic carbocycles. The largest absolute Gasteiger partial charge is 0.445 e. The molecule has 0 aliphatic carbocycles. The monoisotopic (exact) mass is 380 g/mol. The number of ether oxygens (including phenoxy) is 1. The van der Waals surface area contributed by atoms with Crippen LogP contribution in [0.1, 0.15) is 25.3 Å². The highest BCUT2D eigenvalue weighted by atomic mass is 16.5. The molecule has 0 aliphatic heterocycles. The minimum atomic E-state index is -0.489. The van der Waals surface area contributed by atoms with Gasteiger partial charge in [0.15, 0.2) is 0 Å². The lowest BCUT2D eigenvalue weighted by Gasteiger charge is -2.08. The molecule has 0 fully saturated rings. The number of benzene rings is 2. The Balaban J connectivity index is 1.39. The fraction of sp³-hybridized carbons (Fsp3) is 0.286. The van der Waals surface area contributed by atoms with Gasteiger partial charge in [0, 0.05) is 19.5 Å². The molecule has 0 atom stereocenters. The minimum Gasteiger partial charge on any atom is -0.445 e. The highest BCUT2D eigenvalue weighted by molar-refractivity contribution is 5.91. The molecule has 2 amide bonds. The van der Waals surface area contributed by atoms with Crippen LogP contribution in [0.3, 0.4) is 0 Å². The molecule has 0 saturated heterocycles. The van der Waals surface area contributed by atoms with Crippen LogP contribution in [0.4, 0.5) is 10.7 Å². The third kappa shape index (κ3) is 5.09. The van der Waals surface area contributed by atoms with Gasteiger partial charge in [-0.05, 0) is 31.0 Å². The van der Waals surface area contributed by atoms with E-state index in [0.29, 0.717) is 25.5 Å². The van der Waals surface area contributed by atoms with Crippen molar-refractivity contribution in [2.75, 3.05) is 11.9 Å². The van der Waals surface area contributed by atoms with Gasteiger partial charge >= 0.3 is 6.09 Å². The Morgan fingerprint density at radius 3 is 2.61 bits per heavy atom. The van der Waals surface area contributed by atoms with Crippen LogP contribution in [0.2, 0.25) is 0 Å². The Morgan fingerprint density at radius 2 is 1.82 bits per heavy atom. The van der Waals surface area contributed by atoms with E-state index >= 15 is 0 Å². The fourth-order valence-corrected chi connectivity index (χ4v) is 2.89. The number of aryl methyl sites for hydroxylation is 1. The second kappa shape index (κ2) is 9.55. The van der Waals surface area contributed by atoms with Crippen LogP contribution >= 0.6 is 0 Å². The second-order valence-electron chi connectivity index (χ2n) is 6.31. The lowest BCUT2D eigenvalue weighted by molar-refractivity contribution is -0.116. The number of fused-ring (bicyclic) bond motifs is 1. The molecule has 7 nitrogen and oxygen atoms in total. The number of alkyl carbamates (subject to hydrolysis) is 1. The van der Waals surface area contributed by atoms with Gasteiger partial charge in [0.2, 0.25) is 11.9 Å². The third-order valence-corrected chi connectivity index (χ3v) is 4.28. The van der Waals surface area contributed by atoms with Crippen molar-refractivity contribution in [3.63, 3.8) is 0 Å². The second-order valence-corrected chi connectivity index (χ2v) is 6.31. The van der Waals surface area contributed by atoms with Crippen LogP contribution in [-0.4, -0.2) is 28.1 Å². The van der Waals surface area contributed by atoms with Crippen molar-refractivity contribution in [1.29, 1.82) is 0 Å². The van der Waals surface area contributed by atoms with E-state index in [2.05, 4.69) is 15.6 Å². The molecule has 0 spiro atoms. The molecule has 7 heteroatoms. The molecule has 28 heavy (non-hydrogen) atoms. The third-order valence-electron chi connectivity index (χ3n) is 4.28. The molecule has 146 valence electrons. The smallest absolute Gasteiger partial charge is 0.407 e. The molecule has 0 radical (unpaired) electrons. The molecule has 0 bridgehead atoms. The van der Waals surface area contributed by atoms with E-state index < -0.39 is 6.09 Å². The normalized spacial score (nSPS) is 10.6. The summed E-state index contributed by atoms with van der Waals surface area (Å²) in [5, 5.41) is 5.51. The highest BCUT2D eigenvalue weighted by Gasteiger charge is 2.12. The maximum Gasteiger partial charge on any atom is 0.407 e. The van der Waals surface area contributed by atoms with Crippen LogP contribution in [0.15, 0.2) is 54.6 Å². The molecule has 0 saturated carbocycles. The fourth-order valence-electron chi connectivity index (χ4n) is 2.89. The Kier molecular flexibility index (Phi) is 6.62. The number of carbonyl (C=O) groups is 2. The summed E-state index contributed by atoms with van der Waals surface area (Å²) in [4.78, 5) is 28.4. The number of hydrogen-bond acceptors (Lipinski definition) is 4. The molecule has 3 rings (SSSR count). The van der Waals surface area contributed by atoms with Crippen LogP contribution in [0, 0.1) is 0 Å². The summed E-state index contributed by atoms with van der Waals surface area (Å²) >= 11 is 0. The van der Waals surface area contributed by atoms with Gasteiger partial charge in [0.05, 0.1) is 11.0 Å². The number of para-hydroxylation sites is 2. The zero-order valence-electron chi connectivity index (χ0n) is 15.9. The van der Waals surface area contributed by atoms with Gasteiger partial charge < -0.3 is 14.6 Å². The van der Waals surface area contributed by atoms with Gasteiger partial charge in [-0.1, -0.05) is 42.5 Å². The number of nitrogens with one attached hydrogen (secondary N) is 2. The number of rotatable bonds is 8. The first-order chi connectivity index (χ1) is 13.7. The number of imidazole rings is 1. The summed E-state index contributed by atoms with van der Waals surface area (Å²) in [5.41, 5.74) is 2.77. The molecule has 0 aliphatic rings. The highest BCUT2D eigenvalue weighted by Crippen LogP contribution is 2.19. The summed E-state index contributed by atoms with van der Waals surface area (Å²) in [6, 6.07) is 17.2. The van der Waals surface area contributed by atoms with Crippen molar-refractivity contribution in [2.45, 2.75) is 32.9 Å². The molecule has 1 aromatic heterocycles. The standard InChI is InChI=1S/C21H24N4O3/c1-2-25-18-12-7-6-11-17(18)23-20(25)24-19(26)13-8-14-22-21(27)28-15-16-9-4-3-5-10-16/h3-7,9-12H,2,8,13-15H2,1H3,(H,22,27)(H,23,24,26). The van der Waals surface area contributed by atoms with Gasteiger partial charge in [0.25, 0.3) is 0 Å². The average molecular weight is 380 g/mol. The van der Waals surface area contributed by atoms with Gasteiger partial charge in [0.1, 0.15) is 6.61 Å². The zero-order chi connectivity index (χ0) is 19.8. The zero-order valence-corrected chi connectivity index (χ0v) is 15.9. The number of amides is 2. The average Bonchev–Trinajstić information content (AvgIpc) is 3.07. The van der Waals surface area contributed by atoms with Gasteiger partial charge in [-0.15, -0.1) is 0 Å². The van der Waals surface area contributed by atoms with E-state index in [9.17, 15) is 9.59 Å². The molecular formula is C21H24N4O3. The summed E-state index contributed by atoms with van der Waals surface area (Å²) in [7, 11) is 0. The Morgan fingerprint density at radius 1 is 1.07 bits per heavy atom. The SMILES string of the molecule is CCn1c(NC(=O)CCCNC(=O)OCc2ccccc2)nc2ccccc21. The molecule has 0 unspecified atom stereocenters. The van der Waals surface area contributed by atoms with E-state index in [1.807, 2.05) is 66.1 Å². The maximum atomic E-state index is 12.2. The number of hydrogen-bond donors (Lipinski definition) is 2. The Labute approximate surface area is 163 Å². The van der Waals surface area contributed by atoms with Gasteiger partial charge in [-0.3, -0.25) is 10.1 Å². The van der Waals surface area contributed by atoms with Crippen molar-refractivity contribution in [3.05, 3.63) is 60.2 Å². The quantitative estimate of drug-likeness (QED) is 0.584. The number of aromatic nitrogens is 2. The van der Waals surface area contributed by atoms with Crippen molar-refractivity contribution >= 4 is 29.0 Å².